The molecule has 0 saturated carbocycles. The Kier molecular flexibility index (Phi) is 7.02. The van der Waals surface area contributed by atoms with Crippen LogP contribution in [0.15, 0.2) is 48.5 Å². The molecule has 150 valence electrons. The lowest BCUT2D eigenvalue weighted by Crippen LogP contribution is -2.42. The Hall–Kier alpha value is -1.56. The van der Waals surface area contributed by atoms with Crippen molar-refractivity contribution < 1.29 is 13.2 Å². The van der Waals surface area contributed by atoms with E-state index >= 15 is 0 Å². The van der Waals surface area contributed by atoms with Crippen molar-refractivity contribution in [2.24, 2.45) is 0 Å². The molecule has 0 N–H and O–H groups in total. The molecule has 0 atom stereocenters. The van der Waals surface area contributed by atoms with Crippen LogP contribution in [-0.2, 0) is 26.8 Å². The molecular formula is C21H23Cl2NO3S. The molecule has 4 nitrogen and oxygen atoms in total. The van der Waals surface area contributed by atoms with Crippen molar-refractivity contribution in [1.29, 1.82) is 0 Å². The highest BCUT2D eigenvalue weighted by molar-refractivity contribution is 7.91. The fraction of sp³-hybridized carbons (Fsp3) is 0.381. The van der Waals surface area contributed by atoms with Gasteiger partial charge in [0, 0.05) is 29.6 Å². The predicted molar refractivity (Wildman–Crippen MR) is 113 cm³/mol. The molecule has 1 aliphatic heterocycles. The first-order chi connectivity index (χ1) is 13.4. The Morgan fingerprint density at radius 1 is 0.964 bits per heavy atom. The molecule has 2 aromatic carbocycles. The number of nitrogens with zero attached hydrogens (tertiary/aromatic N) is 1. The zero-order valence-corrected chi connectivity index (χ0v) is 17.8. The van der Waals surface area contributed by atoms with E-state index in [0.29, 0.717) is 48.8 Å². The van der Waals surface area contributed by atoms with Crippen LogP contribution in [0.5, 0.6) is 0 Å². The van der Waals surface area contributed by atoms with Crippen molar-refractivity contribution >= 4 is 38.9 Å². The normalized spacial score (nSPS) is 15.6. The molecule has 0 aromatic heterocycles. The van der Waals surface area contributed by atoms with E-state index < -0.39 is 15.1 Å². The molecule has 1 aliphatic rings. The third-order valence-corrected chi connectivity index (χ3v) is 8.09. The Morgan fingerprint density at radius 3 is 2.18 bits per heavy atom. The molecule has 0 aliphatic carbocycles. The third-order valence-electron chi connectivity index (χ3n) is 5.16. The lowest BCUT2D eigenvalue weighted by molar-refractivity contribution is -0.132. The van der Waals surface area contributed by atoms with Crippen LogP contribution in [0.25, 0.3) is 0 Å². The minimum absolute atomic E-state index is 0.00916. The van der Waals surface area contributed by atoms with E-state index in [-0.39, 0.29) is 11.7 Å². The average Bonchev–Trinajstić information content (AvgIpc) is 2.68. The summed E-state index contributed by atoms with van der Waals surface area (Å²) in [5.41, 5.74) is 1.58. The van der Waals surface area contributed by atoms with Crippen LogP contribution in [0.3, 0.4) is 0 Å². The van der Waals surface area contributed by atoms with Gasteiger partial charge in [-0.05, 0) is 42.5 Å². The number of hydrogen-bond acceptors (Lipinski definition) is 3. The minimum Gasteiger partial charge on any atom is -0.343 e. The van der Waals surface area contributed by atoms with Gasteiger partial charge in [-0.15, -0.1) is 0 Å². The highest BCUT2D eigenvalue weighted by Gasteiger charge is 2.31. The molecule has 1 amide bonds. The van der Waals surface area contributed by atoms with Gasteiger partial charge in [-0.3, -0.25) is 4.79 Å². The number of halogens is 2. The van der Waals surface area contributed by atoms with E-state index in [4.69, 9.17) is 23.2 Å². The highest BCUT2D eigenvalue weighted by Crippen LogP contribution is 2.26. The molecule has 7 heteroatoms. The van der Waals surface area contributed by atoms with Crippen molar-refractivity contribution in [3.05, 3.63) is 69.7 Å². The Morgan fingerprint density at radius 2 is 1.57 bits per heavy atom. The summed E-state index contributed by atoms with van der Waals surface area (Å²) in [5, 5.41) is 0.729. The van der Waals surface area contributed by atoms with Gasteiger partial charge in [-0.2, -0.15) is 0 Å². The molecule has 1 fully saturated rings. The van der Waals surface area contributed by atoms with Crippen LogP contribution in [0.4, 0.5) is 0 Å². The molecule has 1 heterocycles. The SMILES string of the molecule is O=C(CCc1c(Cl)cccc1Cl)N1CCC(S(=O)(=O)Cc2ccccc2)CC1. The summed E-state index contributed by atoms with van der Waals surface area (Å²) in [4.78, 5) is 14.3. The third kappa shape index (κ3) is 5.28. The van der Waals surface area contributed by atoms with Crippen molar-refractivity contribution in [1.82, 2.24) is 4.90 Å². The second kappa shape index (κ2) is 9.29. The van der Waals surface area contributed by atoms with Gasteiger partial charge in [0.1, 0.15) is 0 Å². The van der Waals surface area contributed by atoms with Gasteiger partial charge in [0.05, 0.1) is 11.0 Å². The number of sulfone groups is 1. The van der Waals surface area contributed by atoms with Gasteiger partial charge >= 0.3 is 0 Å². The van der Waals surface area contributed by atoms with Crippen LogP contribution in [0, 0.1) is 0 Å². The Balaban J connectivity index is 1.52. The standard InChI is InChI=1S/C21H23Cl2NO3S/c22-19-7-4-8-20(23)18(19)9-10-21(25)24-13-11-17(12-14-24)28(26,27)15-16-5-2-1-3-6-16/h1-8,17H,9-15H2. The maximum Gasteiger partial charge on any atom is 0.222 e. The van der Waals surface area contributed by atoms with Crippen molar-refractivity contribution in [3.63, 3.8) is 0 Å². The first-order valence-electron chi connectivity index (χ1n) is 9.33. The maximum absolute atomic E-state index is 12.7. The molecule has 2 aromatic rings. The van der Waals surface area contributed by atoms with E-state index in [1.165, 1.54) is 0 Å². The van der Waals surface area contributed by atoms with E-state index in [0.717, 1.165) is 11.1 Å². The Bertz CT molecular complexity index is 904. The molecule has 0 spiro atoms. The van der Waals surface area contributed by atoms with Crippen LogP contribution in [0.2, 0.25) is 10.0 Å². The van der Waals surface area contributed by atoms with Crippen molar-refractivity contribution in [3.8, 4) is 0 Å². The smallest absolute Gasteiger partial charge is 0.222 e. The molecular weight excluding hydrogens is 417 g/mol. The average molecular weight is 440 g/mol. The summed E-state index contributed by atoms with van der Waals surface area (Å²) < 4.78 is 25.4. The molecule has 28 heavy (non-hydrogen) atoms. The van der Waals surface area contributed by atoms with E-state index in [2.05, 4.69) is 0 Å². The number of carbonyl (C=O) groups is 1. The van der Waals surface area contributed by atoms with E-state index in [9.17, 15) is 13.2 Å². The quantitative estimate of drug-likeness (QED) is 0.663. The van der Waals surface area contributed by atoms with E-state index in [1.54, 1.807) is 23.1 Å². The molecule has 0 unspecified atom stereocenters. The zero-order chi connectivity index (χ0) is 20.1. The summed E-state index contributed by atoms with van der Waals surface area (Å²) in [6, 6.07) is 14.5. The summed E-state index contributed by atoms with van der Waals surface area (Å²) in [7, 11) is -3.22. The topological polar surface area (TPSA) is 54.5 Å². The number of piperidine rings is 1. The fourth-order valence-corrected chi connectivity index (χ4v) is 5.96. The molecule has 0 radical (unpaired) electrons. The second-order valence-electron chi connectivity index (χ2n) is 7.07. The van der Waals surface area contributed by atoms with Gasteiger partial charge in [-0.25, -0.2) is 8.42 Å². The van der Waals surface area contributed by atoms with Gasteiger partial charge < -0.3 is 4.90 Å². The van der Waals surface area contributed by atoms with Gasteiger partial charge in [0.15, 0.2) is 9.84 Å². The second-order valence-corrected chi connectivity index (χ2v) is 10.2. The van der Waals surface area contributed by atoms with Gasteiger partial charge in [-0.1, -0.05) is 59.6 Å². The fourth-order valence-electron chi connectivity index (χ4n) is 3.55. The predicted octanol–water partition coefficient (Wildman–Crippen LogP) is 4.53. The van der Waals surface area contributed by atoms with Crippen molar-refractivity contribution in [2.45, 2.75) is 36.7 Å². The van der Waals surface area contributed by atoms with E-state index in [1.807, 2.05) is 30.3 Å². The highest BCUT2D eigenvalue weighted by atomic mass is 35.5. The summed E-state index contributed by atoms with van der Waals surface area (Å²) >= 11 is 12.3. The molecule has 3 rings (SSSR count). The summed E-state index contributed by atoms with van der Waals surface area (Å²) in [6.45, 7) is 0.932. The summed E-state index contributed by atoms with van der Waals surface area (Å²) in [6.07, 6.45) is 1.75. The number of benzene rings is 2. The largest absolute Gasteiger partial charge is 0.343 e. The Labute approximate surface area is 176 Å². The number of likely N-dealkylation sites (tertiary alicyclic amines) is 1. The van der Waals surface area contributed by atoms with Gasteiger partial charge in [0.25, 0.3) is 0 Å². The molecule has 1 saturated heterocycles. The van der Waals surface area contributed by atoms with Crippen molar-refractivity contribution in [2.75, 3.05) is 13.1 Å². The minimum atomic E-state index is -3.22. The molecule has 0 bridgehead atoms. The summed E-state index contributed by atoms with van der Waals surface area (Å²) in [5.74, 6) is 0.0622. The van der Waals surface area contributed by atoms with Gasteiger partial charge in [0.2, 0.25) is 5.91 Å². The maximum atomic E-state index is 12.7. The van der Waals surface area contributed by atoms with Crippen LogP contribution in [0.1, 0.15) is 30.4 Å². The zero-order valence-electron chi connectivity index (χ0n) is 15.5. The first kappa shape index (κ1) is 21.2. The van der Waals surface area contributed by atoms with Crippen LogP contribution < -0.4 is 0 Å². The first-order valence-corrected chi connectivity index (χ1v) is 11.8. The van der Waals surface area contributed by atoms with Crippen LogP contribution >= 0.6 is 23.2 Å². The number of amides is 1. The lowest BCUT2D eigenvalue weighted by atomic mass is 10.1. The number of hydrogen-bond donors (Lipinski definition) is 0. The lowest BCUT2D eigenvalue weighted by Gasteiger charge is -2.32. The van der Waals surface area contributed by atoms with Crippen LogP contribution in [-0.4, -0.2) is 37.6 Å². The number of carbonyl (C=O) groups excluding carboxylic acids is 1. The number of rotatable bonds is 6. The monoisotopic (exact) mass is 439 g/mol.